The van der Waals surface area contributed by atoms with Crippen LogP contribution in [0.2, 0.25) is 0 Å². The van der Waals surface area contributed by atoms with Crippen molar-refractivity contribution in [2.75, 3.05) is 14.2 Å². The molecule has 0 saturated carbocycles. The van der Waals surface area contributed by atoms with E-state index in [9.17, 15) is 13.0 Å². The summed E-state index contributed by atoms with van der Waals surface area (Å²) in [4.78, 5) is 0.182. The summed E-state index contributed by atoms with van der Waals surface area (Å²) in [6.07, 6.45) is 1.40. The van der Waals surface area contributed by atoms with Crippen molar-refractivity contribution in [2.24, 2.45) is 0 Å². The van der Waals surface area contributed by atoms with Crippen LogP contribution >= 0.6 is 7.82 Å². The topological polar surface area (TPSA) is 78.9 Å². The molecular formula is C18H21O6PS. The van der Waals surface area contributed by atoms with Gasteiger partial charge >= 0.3 is 7.82 Å². The summed E-state index contributed by atoms with van der Waals surface area (Å²) in [5.41, 5.74) is 2.04. The molecule has 0 atom stereocenters. The van der Waals surface area contributed by atoms with Gasteiger partial charge in [0.15, 0.2) is 9.84 Å². The van der Waals surface area contributed by atoms with E-state index in [0.29, 0.717) is 11.1 Å². The third kappa shape index (κ3) is 4.62. The van der Waals surface area contributed by atoms with Gasteiger partial charge in [-0.2, -0.15) is 0 Å². The summed E-state index contributed by atoms with van der Waals surface area (Å²) in [5.74, 6) is 0.247. The van der Waals surface area contributed by atoms with E-state index >= 15 is 0 Å². The van der Waals surface area contributed by atoms with Crippen LogP contribution in [0.15, 0.2) is 52.8 Å². The summed E-state index contributed by atoms with van der Waals surface area (Å²) in [6, 6.07) is 11.6. The minimum Gasteiger partial charge on any atom is -0.403 e. The Hall–Kier alpha value is -1.92. The zero-order valence-corrected chi connectivity index (χ0v) is 16.7. The third-order valence-corrected chi connectivity index (χ3v) is 6.58. The van der Waals surface area contributed by atoms with Crippen LogP contribution in [-0.4, -0.2) is 22.6 Å². The van der Waals surface area contributed by atoms with E-state index in [2.05, 4.69) is 0 Å². The summed E-state index contributed by atoms with van der Waals surface area (Å²) >= 11 is 0. The standard InChI is InChI=1S/C18H21O6PS/c1-14-10-11-16(18(15(14)2)24-25(19,22-3)23-4)12-13-26(20,21)17-8-6-5-7-9-17/h5-13H,1-4H3/b13-12+. The SMILES string of the molecule is COP(=O)(OC)Oc1c(/C=C/S(=O)(=O)c2ccccc2)ccc(C)c1C. The van der Waals surface area contributed by atoms with Gasteiger partial charge in [0.2, 0.25) is 0 Å². The van der Waals surface area contributed by atoms with Crippen molar-refractivity contribution < 1.29 is 26.6 Å². The molecule has 6 nitrogen and oxygen atoms in total. The van der Waals surface area contributed by atoms with Gasteiger partial charge in [-0.25, -0.2) is 13.0 Å². The van der Waals surface area contributed by atoms with E-state index < -0.39 is 17.7 Å². The molecule has 26 heavy (non-hydrogen) atoms. The van der Waals surface area contributed by atoms with Crippen LogP contribution in [0.4, 0.5) is 0 Å². The van der Waals surface area contributed by atoms with Crippen molar-refractivity contribution in [1.82, 2.24) is 0 Å². The van der Waals surface area contributed by atoms with Crippen LogP contribution < -0.4 is 4.52 Å². The Labute approximate surface area is 154 Å². The fourth-order valence-corrected chi connectivity index (χ4v) is 3.96. The van der Waals surface area contributed by atoms with E-state index in [1.165, 1.54) is 32.4 Å². The van der Waals surface area contributed by atoms with Crippen LogP contribution in [-0.2, 0) is 23.4 Å². The van der Waals surface area contributed by atoms with Gasteiger partial charge in [0.05, 0.1) is 4.90 Å². The Morgan fingerprint density at radius 1 is 0.962 bits per heavy atom. The second kappa shape index (κ2) is 8.18. The van der Waals surface area contributed by atoms with Gasteiger partial charge in [-0.3, -0.25) is 9.05 Å². The maximum atomic E-state index is 12.4. The molecule has 0 saturated heterocycles. The third-order valence-electron chi connectivity index (χ3n) is 3.86. The van der Waals surface area contributed by atoms with Gasteiger partial charge in [0, 0.05) is 25.2 Å². The number of phosphoric acid groups is 1. The van der Waals surface area contributed by atoms with Gasteiger partial charge in [-0.05, 0) is 43.2 Å². The highest BCUT2D eigenvalue weighted by Crippen LogP contribution is 2.50. The van der Waals surface area contributed by atoms with Gasteiger partial charge in [0.25, 0.3) is 0 Å². The Morgan fingerprint density at radius 3 is 2.15 bits per heavy atom. The monoisotopic (exact) mass is 396 g/mol. The molecule has 0 spiro atoms. The number of phosphoric ester groups is 1. The lowest BCUT2D eigenvalue weighted by Gasteiger charge is -2.18. The van der Waals surface area contributed by atoms with Crippen molar-refractivity contribution in [1.29, 1.82) is 0 Å². The molecule has 0 unspecified atom stereocenters. The highest BCUT2D eigenvalue weighted by atomic mass is 32.2. The number of benzene rings is 2. The van der Waals surface area contributed by atoms with Crippen LogP contribution in [0.3, 0.4) is 0 Å². The lowest BCUT2D eigenvalue weighted by molar-refractivity contribution is 0.210. The number of hydrogen-bond acceptors (Lipinski definition) is 6. The zero-order valence-electron chi connectivity index (χ0n) is 15.0. The summed E-state index contributed by atoms with van der Waals surface area (Å²) in [5, 5.41) is 1.09. The van der Waals surface area contributed by atoms with E-state index in [4.69, 9.17) is 13.6 Å². The largest absolute Gasteiger partial charge is 0.529 e. The van der Waals surface area contributed by atoms with Gasteiger partial charge in [-0.1, -0.05) is 30.3 Å². The first-order valence-corrected chi connectivity index (χ1v) is 10.7. The lowest BCUT2D eigenvalue weighted by Crippen LogP contribution is -2.01. The van der Waals surface area contributed by atoms with Gasteiger partial charge < -0.3 is 4.52 Å². The molecule has 0 heterocycles. The Kier molecular flexibility index (Phi) is 6.42. The molecule has 2 rings (SSSR count). The molecular weight excluding hydrogens is 375 g/mol. The average Bonchev–Trinajstić information content (AvgIpc) is 2.65. The minimum atomic E-state index is -3.78. The molecule has 0 aliphatic carbocycles. The smallest absolute Gasteiger partial charge is 0.403 e. The van der Waals surface area contributed by atoms with Crippen LogP contribution in [0.5, 0.6) is 5.75 Å². The molecule has 0 aliphatic heterocycles. The molecule has 140 valence electrons. The Bertz CT molecular complexity index is 943. The molecule has 0 aliphatic rings. The van der Waals surface area contributed by atoms with Crippen LogP contribution in [0.1, 0.15) is 16.7 Å². The maximum Gasteiger partial charge on any atom is 0.529 e. The molecule has 0 fully saturated rings. The highest BCUT2D eigenvalue weighted by molar-refractivity contribution is 7.94. The fraction of sp³-hybridized carbons (Fsp3) is 0.222. The second-order valence-electron chi connectivity index (χ2n) is 5.49. The van der Waals surface area contributed by atoms with E-state index in [1.54, 1.807) is 31.2 Å². The van der Waals surface area contributed by atoms with E-state index in [1.807, 2.05) is 13.0 Å². The fourth-order valence-electron chi connectivity index (χ4n) is 2.18. The predicted molar refractivity (Wildman–Crippen MR) is 101 cm³/mol. The zero-order chi connectivity index (χ0) is 19.4. The molecule has 0 aromatic heterocycles. The first-order chi connectivity index (χ1) is 12.2. The van der Waals surface area contributed by atoms with Gasteiger partial charge in [0.1, 0.15) is 5.75 Å². The molecule has 0 radical (unpaired) electrons. The van der Waals surface area contributed by atoms with Crippen molar-refractivity contribution in [2.45, 2.75) is 18.7 Å². The first kappa shape index (κ1) is 20.4. The molecule has 2 aromatic carbocycles. The van der Waals surface area contributed by atoms with Crippen molar-refractivity contribution in [3.63, 3.8) is 0 Å². The number of aryl methyl sites for hydroxylation is 1. The molecule has 8 heteroatoms. The molecule has 0 N–H and O–H groups in total. The first-order valence-electron chi connectivity index (χ1n) is 7.72. The summed E-state index contributed by atoms with van der Waals surface area (Å²) < 4.78 is 52.3. The van der Waals surface area contributed by atoms with E-state index in [0.717, 1.165) is 11.0 Å². The molecule has 0 bridgehead atoms. The average molecular weight is 396 g/mol. The maximum absolute atomic E-state index is 12.4. The Balaban J connectivity index is 2.47. The molecule has 2 aromatic rings. The Morgan fingerprint density at radius 2 is 1.58 bits per heavy atom. The molecule has 0 amide bonds. The van der Waals surface area contributed by atoms with Crippen LogP contribution in [0.25, 0.3) is 6.08 Å². The van der Waals surface area contributed by atoms with Gasteiger partial charge in [-0.15, -0.1) is 0 Å². The number of sulfone groups is 1. The van der Waals surface area contributed by atoms with Crippen molar-refractivity contribution >= 4 is 23.7 Å². The second-order valence-corrected chi connectivity index (χ2v) is 9.13. The van der Waals surface area contributed by atoms with Crippen molar-refractivity contribution in [3.05, 3.63) is 64.6 Å². The lowest BCUT2D eigenvalue weighted by atomic mass is 10.0. The number of rotatable bonds is 7. The normalized spacial score (nSPS) is 12.5. The predicted octanol–water partition coefficient (Wildman–Crippen LogP) is 4.53. The van der Waals surface area contributed by atoms with Crippen molar-refractivity contribution in [3.8, 4) is 5.75 Å². The number of hydrogen-bond donors (Lipinski definition) is 0. The van der Waals surface area contributed by atoms with Crippen LogP contribution in [0, 0.1) is 13.8 Å². The highest BCUT2D eigenvalue weighted by Gasteiger charge is 2.27. The summed E-state index contributed by atoms with van der Waals surface area (Å²) in [7, 11) is -4.98. The van der Waals surface area contributed by atoms with E-state index in [-0.39, 0.29) is 10.6 Å². The summed E-state index contributed by atoms with van der Waals surface area (Å²) in [6.45, 7) is 3.64. The minimum absolute atomic E-state index is 0.182. The quantitative estimate of drug-likeness (QED) is 0.640.